The molecule has 0 radical (unpaired) electrons. The molecule has 0 spiro atoms. The molecule has 1 saturated heterocycles. The molecule has 0 bridgehead atoms. The van der Waals surface area contributed by atoms with Gasteiger partial charge in [0.25, 0.3) is 0 Å². The van der Waals surface area contributed by atoms with E-state index in [1.807, 2.05) is 24.3 Å². The summed E-state index contributed by atoms with van der Waals surface area (Å²) in [5.41, 5.74) is 2.63. The lowest BCUT2D eigenvalue weighted by molar-refractivity contribution is -0.137. The monoisotopic (exact) mass is 453 g/mol. The summed E-state index contributed by atoms with van der Waals surface area (Å²) in [6.45, 7) is 3.61. The maximum atomic E-state index is 12.6. The van der Waals surface area contributed by atoms with Crippen LogP contribution in [-0.2, 0) is 10.9 Å². The summed E-state index contributed by atoms with van der Waals surface area (Å²) in [5, 5.41) is 16.5. The van der Waals surface area contributed by atoms with Gasteiger partial charge in [0.2, 0.25) is 0 Å². The SMILES string of the molecule is CCC1CN(c2ccc(N=Nc3ccc(N=Nc4ccc(C(F)(F)F)cc4)cc3)cc2)CO1. The molecule has 0 aromatic heterocycles. The van der Waals surface area contributed by atoms with Crippen LogP contribution in [0.5, 0.6) is 0 Å². The molecular weight excluding hydrogens is 431 g/mol. The van der Waals surface area contributed by atoms with Crippen molar-refractivity contribution in [2.45, 2.75) is 25.6 Å². The molecule has 1 unspecified atom stereocenters. The summed E-state index contributed by atoms with van der Waals surface area (Å²) in [4.78, 5) is 2.19. The third-order valence-electron chi connectivity index (χ3n) is 5.17. The molecule has 1 fully saturated rings. The van der Waals surface area contributed by atoms with E-state index in [0.29, 0.717) is 23.8 Å². The van der Waals surface area contributed by atoms with E-state index >= 15 is 0 Å². The molecule has 0 saturated carbocycles. The van der Waals surface area contributed by atoms with Crippen molar-refractivity contribution in [1.29, 1.82) is 0 Å². The lowest BCUT2D eigenvalue weighted by Crippen LogP contribution is -2.20. The molecule has 0 amide bonds. The van der Waals surface area contributed by atoms with Crippen molar-refractivity contribution in [1.82, 2.24) is 0 Å². The third kappa shape index (κ3) is 6.01. The number of hydrogen-bond acceptors (Lipinski definition) is 6. The maximum Gasteiger partial charge on any atom is 0.416 e. The summed E-state index contributed by atoms with van der Waals surface area (Å²) in [6, 6.07) is 19.2. The molecule has 0 N–H and O–H groups in total. The Hall–Kier alpha value is -3.59. The van der Waals surface area contributed by atoms with E-state index < -0.39 is 11.7 Å². The predicted molar refractivity (Wildman–Crippen MR) is 120 cm³/mol. The van der Waals surface area contributed by atoms with E-state index in [0.717, 1.165) is 36.5 Å². The van der Waals surface area contributed by atoms with Crippen LogP contribution in [0.1, 0.15) is 18.9 Å². The highest BCUT2D eigenvalue weighted by atomic mass is 19.4. The predicted octanol–water partition coefficient (Wildman–Crippen LogP) is 8.11. The number of hydrogen-bond donors (Lipinski definition) is 0. The molecule has 33 heavy (non-hydrogen) atoms. The van der Waals surface area contributed by atoms with E-state index in [-0.39, 0.29) is 6.10 Å². The Bertz CT molecular complexity index is 1110. The summed E-state index contributed by atoms with van der Waals surface area (Å²) in [7, 11) is 0. The lowest BCUT2D eigenvalue weighted by Gasteiger charge is -2.15. The van der Waals surface area contributed by atoms with E-state index in [4.69, 9.17) is 4.74 Å². The zero-order valence-corrected chi connectivity index (χ0v) is 17.9. The summed E-state index contributed by atoms with van der Waals surface area (Å²) in [5.74, 6) is 0. The first-order valence-corrected chi connectivity index (χ1v) is 10.5. The van der Waals surface area contributed by atoms with Crippen molar-refractivity contribution < 1.29 is 17.9 Å². The van der Waals surface area contributed by atoms with E-state index in [1.54, 1.807) is 24.3 Å². The molecule has 170 valence electrons. The second-order valence-electron chi connectivity index (χ2n) is 7.53. The van der Waals surface area contributed by atoms with Gasteiger partial charge in [-0.15, -0.1) is 0 Å². The number of azo groups is 2. The average Bonchev–Trinajstić information content (AvgIpc) is 3.31. The van der Waals surface area contributed by atoms with Crippen LogP contribution in [0.4, 0.5) is 41.6 Å². The van der Waals surface area contributed by atoms with Crippen molar-refractivity contribution in [2.24, 2.45) is 20.5 Å². The van der Waals surface area contributed by atoms with Crippen LogP contribution in [0.25, 0.3) is 0 Å². The summed E-state index contributed by atoms with van der Waals surface area (Å²) in [6.07, 6.45) is -3.09. The smallest absolute Gasteiger partial charge is 0.356 e. The van der Waals surface area contributed by atoms with Crippen molar-refractivity contribution in [3.8, 4) is 0 Å². The number of nitrogens with zero attached hydrogens (tertiary/aromatic N) is 5. The van der Waals surface area contributed by atoms with Crippen LogP contribution >= 0.6 is 0 Å². The Balaban J connectivity index is 1.34. The van der Waals surface area contributed by atoms with Crippen LogP contribution in [0.3, 0.4) is 0 Å². The quantitative estimate of drug-likeness (QED) is 0.354. The molecule has 1 heterocycles. The number of anilines is 1. The Morgan fingerprint density at radius 1 is 0.758 bits per heavy atom. The average molecular weight is 453 g/mol. The van der Waals surface area contributed by atoms with Crippen LogP contribution in [-0.4, -0.2) is 19.4 Å². The van der Waals surface area contributed by atoms with Crippen molar-refractivity contribution in [3.63, 3.8) is 0 Å². The Labute approximate surface area is 189 Å². The first-order chi connectivity index (χ1) is 15.9. The minimum absolute atomic E-state index is 0.279. The molecule has 9 heteroatoms. The van der Waals surface area contributed by atoms with E-state index in [9.17, 15) is 13.2 Å². The van der Waals surface area contributed by atoms with Crippen molar-refractivity contribution in [3.05, 3.63) is 78.4 Å². The highest BCUT2D eigenvalue weighted by Crippen LogP contribution is 2.31. The Morgan fingerprint density at radius 2 is 1.18 bits per heavy atom. The third-order valence-corrected chi connectivity index (χ3v) is 5.17. The molecule has 4 rings (SSSR count). The van der Waals surface area contributed by atoms with Crippen LogP contribution < -0.4 is 4.90 Å². The van der Waals surface area contributed by atoms with Crippen LogP contribution in [0.2, 0.25) is 0 Å². The number of halogens is 3. The Morgan fingerprint density at radius 3 is 1.58 bits per heavy atom. The largest absolute Gasteiger partial charge is 0.416 e. The highest BCUT2D eigenvalue weighted by molar-refractivity contribution is 5.53. The second kappa shape index (κ2) is 9.91. The number of rotatable bonds is 6. The van der Waals surface area contributed by atoms with Gasteiger partial charge >= 0.3 is 6.18 Å². The molecule has 3 aromatic carbocycles. The molecule has 1 aliphatic heterocycles. The molecule has 6 nitrogen and oxygen atoms in total. The number of alkyl halides is 3. The summed E-state index contributed by atoms with van der Waals surface area (Å²) < 4.78 is 43.5. The molecular formula is C24H22F3N5O. The standard InChI is InChI=1S/C24H22F3N5O/c1-2-23-15-32(16-33-23)22-13-11-21(12-14-22)31-30-20-9-7-19(8-10-20)29-28-18-5-3-17(4-6-18)24(25,26)27/h3-14,23H,2,15-16H2,1H3. The van der Waals surface area contributed by atoms with Gasteiger partial charge < -0.3 is 9.64 Å². The van der Waals surface area contributed by atoms with E-state index in [1.165, 1.54) is 12.1 Å². The van der Waals surface area contributed by atoms with Gasteiger partial charge in [0, 0.05) is 12.2 Å². The minimum atomic E-state index is -4.37. The fraction of sp³-hybridized carbons (Fsp3) is 0.250. The zero-order chi connectivity index (χ0) is 23.3. The zero-order valence-electron chi connectivity index (χ0n) is 17.9. The highest BCUT2D eigenvalue weighted by Gasteiger charge is 2.29. The maximum absolute atomic E-state index is 12.6. The topological polar surface area (TPSA) is 61.9 Å². The van der Waals surface area contributed by atoms with Gasteiger partial charge in [0.15, 0.2) is 0 Å². The first-order valence-electron chi connectivity index (χ1n) is 10.5. The minimum Gasteiger partial charge on any atom is -0.356 e. The van der Waals surface area contributed by atoms with Gasteiger partial charge in [-0.1, -0.05) is 6.92 Å². The first kappa shape index (κ1) is 22.6. The normalized spacial score (nSPS) is 16.8. The lowest BCUT2D eigenvalue weighted by atomic mass is 10.2. The van der Waals surface area contributed by atoms with E-state index in [2.05, 4.69) is 32.3 Å². The molecule has 0 aliphatic carbocycles. The van der Waals surface area contributed by atoms with Gasteiger partial charge in [0.1, 0.15) is 6.73 Å². The molecule has 3 aromatic rings. The molecule has 1 aliphatic rings. The van der Waals surface area contributed by atoms with Gasteiger partial charge in [0.05, 0.1) is 34.4 Å². The van der Waals surface area contributed by atoms with Crippen LogP contribution in [0, 0.1) is 0 Å². The number of benzene rings is 3. The number of ether oxygens (including phenoxy) is 1. The Kier molecular flexibility index (Phi) is 6.79. The second-order valence-corrected chi connectivity index (χ2v) is 7.53. The van der Waals surface area contributed by atoms with Gasteiger partial charge in [-0.3, -0.25) is 0 Å². The van der Waals surface area contributed by atoms with Crippen LogP contribution in [0.15, 0.2) is 93.3 Å². The fourth-order valence-corrected chi connectivity index (χ4v) is 3.24. The van der Waals surface area contributed by atoms with Crippen molar-refractivity contribution in [2.75, 3.05) is 18.2 Å². The molecule has 1 atom stereocenters. The van der Waals surface area contributed by atoms with Gasteiger partial charge in [-0.05, 0) is 79.2 Å². The van der Waals surface area contributed by atoms with Gasteiger partial charge in [-0.2, -0.15) is 33.6 Å². The fourth-order valence-electron chi connectivity index (χ4n) is 3.24. The van der Waals surface area contributed by atoms with Gasteiger partial charge in [-0.25, -0.2) is 0 Å². The summed E-state index contributed by atoms with van der Waals surface area (Å²) >= 11 is 0. The van der Waals surface area contributed by atoms with Crippen molar-refractivity contribution >= 4 is 28.4 Å².